The lowest BCUT2D eigenvalue weighted by Gasteiger charge is -2.24. The van der Waals surface area contributed by atoms with Gasteiger partial charge in [0.25, 0.3) is 0 Å². The number of methoxy groups -OCH3 is 1. The van der Waals surface area contributed by atoms with Gasteiger partial charge >= 0.3 is 6.09 Å². The number of hydrogen-bond donors (Lipinski definition) is 1. The van der Waals surface area contributed by atoms with E-state index in [9.17, 15) is 14.0 Å². The maximum absolute atomic E-state index is 15.0. The van der Waals surface area contributed by atoms with E-state index in [0.717, 1.165) is 31.5 Å². The number of anilines is 2. The quantitative estimate of drug-likeness (QED) is 0.852. The van der Waals surface area contributed by atoms with Gasteiger partial charge in [-0.25, -0.2) is 9.18 Å². The molecular weight excluding hydrogens is 353 g/mol. The maximum atomic E-state index is 15.0. The topological polar surface area (TPSA) is 71.1 Å². The number of amides is 2. The second kappa shape index (κ2) is 6.90. The maximum Gasteiger partial charge on any atom is 0.415 e. The summed E-state index contributed by atoms with van der Waals surface area (Å²) in [6.45, 7) is 3.61. The van der Waals surface area contributed by atoms with E-state index in [2.05, 4.69) is 5.32 Å². The Hall–Kier alpha value is -2.51. The molecule has 4 rings (SSSR count). The summed E-state index contributed by atoms with van der Waals surface area (Å²) >= 11 is 0. The first-order chi connectivity index (χ1) is 13.0. The summed E-state index contributed by atoms with van der Waals surface area (Å²) in [5, 5.41) is 2.77. The third-order valence-electron chi connectivity index (χ3n) is 5.62. The van der Waals surface area contributed by atoms with E-state index in [0.29, 0.717) is 30.0 Å². The largest absolute Gasteiger partial charge is 0.494 e. The van der Waals surface area contributed by atoms with Gasteiger partial charge in [-0.2, -0.15) is 0 Å². The number of fused-ring (bicyclic) bond motifs is 3. The summed E-state index contributed by atoms with van der Waals surface area (Å²) in [4.78, 5) is 27.5. The number of halogens is 1. The van der Waals surface area contributed by atoms with E-state index in [1.54, 1.807) is 6.92 Å². The summed E-state index contributed by atoms with van der Waals surface area (Å²) in [6.07, 6.45) is 1.96. The molecule has 0 saturated carbocycles. The molecule has 0 aromatic heterocycles. The Morgan fingerprint density at radius 3 is 2.81 bits per heavy atom. The highest BCUT2D eigenvalue weighted by Crippen LogP contribution is 2.48. The standard InChI is InChI=1S/C19H24FN3O4/c1-3-16(24)21-10-15-14-8-11-13(23(14)19(25)27-15)9-12(20)17(18(11)26-2)22-6-4-5-7-22/h9,14-15H,3-8,10H2,1-2H3,(H,21,24)/t14-,15-/m0/s1. The lowest BCUT2D eigenvalue weighted by molar-refractivity contribution is -0.121. The average molecular weight is 377 g/mol. The highest BCUT2D eigenvalue weighted by Gasteiger charge is 2.49. The second-order valence-corrected chi connectivity index (χ2v) is 7.15. The molecule has 8 heteroatoms. The second-order valence-electron chi connectivity index (χ2n) is 7.15. The van der Waals surface area contributed by atoms with Crippen LogP contribution in [0.1, 0.15) is 31.7 Å². The smallest absolute Gasteiger partial charge is 0.415 e. The Bertz CT molecular complexity index is 779. The van der Waals surface area contributed by atoms with Crippen LogP contribution in [0.4, 0.5) is 20.6 Å². The van der Waals surface area contributed by atoms with Gasteiger partial charge in [-0.1, -0.05) is 6.92 Å². The first-order valence-electron chi connectivity index (χ1n) is 9.46. The van der Waals surface area contributed by atoms with E-state index < -0.39 is 12.2 Å². The zero-order valence-corrected chi connectivity index (χ0v) is 15.6. The van der Waals surface area contributed by atoms with Crippen molar-refractivity contribution in [2.45, 2.75) is 44.8 Å². The molecule has 2 amide bonds. The molecule has 1 aromatic carbocycles. The molecule has 2 atom stereocenters. The van der Waals surface area contributed by atoms with E-state index in [-0.39, 0.29) is 24.3 Å². The molecule has 146 valence electrons. The summed E-state index contributed by atoms with van der Waals surface area (Å²) < 4.78 is 26.0. The van der Waals surface area contributed by atoms with Crippen molar-refractivity contribution in [3.63, 3.8) is 0 Å². The Labute approximate surface area is 157 Å². The van der Waals surface area contributed by atoms with Crippen molar-refractivity contribution in [2.24, 2.45) is 0 Å². The van der Waals surface area contributed by atoms with Gasteiger partial charge in [0.05, 0.1) is 25.4 Å². The van der Waals surface area contributed by atoms with Gasteiger partial charge in [0.2, 0.25) is 5.91 Å². The van der Waals surface area contributed by atoms with Crippen LogP contribution < -0.4 is 19.9 Å². The number of carbonyl (C=O) groups is 2. The number of rotatable bonds is 5. The average Bonchev–Trinajstić information content (AvgIpc) is 3.36. The first-order valence-corrected chi connectivity index (χ1v) is 9.46. The number of benzene rings is 1. The minimum Gasteiger partial charge on any atom is -0.494 e. The minimum absolute atomic E-state index is 0.0973. The number of cyclic esters (lactones) is 1. The highest BCUT2D eigenvalue weighted by atomic mass is 19.1. The van der Waals surface area contributed by atoms with Crippen LogP contribution >= 0.6 is 0 Å². The van der Waals surface area contributed by atoms with E-state index in [1.165, 1.54) is 18.1 Å². The molecule has 0 bridgehead atoms. The summed E-state index contributed by atoms with van der Waals surface area (Å²) in [5.41, 5.74) is 1.82. The monoisotopic (exact) mass is 377 g/mol. The van der Waals surface area contributed by atoms with Crippen molar-refractivity contribution in [2.75, 3.05) is 36.5 Å². The minimum atomic E-state index is -0.509. The van der Waals surface area contributed by atoms with Crippen LogP contribution in [0.2, 0.25) is 0 Å². The first kappa shape index (κ1) is 17.9. The van der Waals surface area contributed by atoms with Crippen LogP contribution in [0, 0.1) is 5.82 Å². The van der Waals surface area contributed by atoms with Gasteiger partial charge in [0.15, 0.2) is 11.6 Å². The number of nitrogens with one attached hydrogen (secondary N) is 1. The molecule has 3 aliphatic rings. The van der Waals surface area contributed by atoms with Crippen LogP contribution in [-0.4, -0.2) is 50.9 Å². The Balaban J connectivity index is 1.66. The van der Waals surface area contributed by atoms with Crippen LogP contribution in [0.3, 0.4) is 0 Å². The number of hydrogen-bond acceptors (Lipinski definition) is 5. The Morgan fingerprint density at radius 2 is 2.15 bits per heavy atom. The van der Waals surface area contributed by atoms with Crippen LogP contribution in [0.15, 0.2) is 6.07 Å². The lowest BCUT2D eigenvalue weighted by Crippen LogP contribution is -2.40. The normalized spacial score (nSPS) is 23.3. The van der Waals surface area contributed by atoms with Gasteiger partial charge in [-0.15, -0.1) is 0 Å². The molecule has 1 N–H and O–H groups in total. The van der Waals surface area contributed by atoms with Gasteiger partial charge in [0, 0.05) is 37.6 Å². The SMILES string of the molecule is CCC(=O)NC[C@@H]1OC(=O)N2c3cc(F)c(N4CCCC4)c(OC)c3C[C@@H]12. The fraction of sp³-hybridized carbons (Fsp3) is 0.579. The number of nitrogens with zero attached hydrogens (tertiary/aromatic N) is 2. The van der Waals surface area contributed by atoms with Gasteiger partial charge in [0.1, 0.15) is 11.8 Å². The van der Waals surface area contributed by atoms with Crippen LogP contribution in [0.25, 0.3) is 0 Å². The molecule has 0 spiro atoms. The summed E-state index contributed by atoms with van der Waals surface area (Å²) in [6, 6.07) is 1.14. The molecule has 2 fully saturated rings. The molecule has 2 saturated heterocycles. The molecule has 0 radical (unpaired) electrons. The molecule has 3 heterocycles. The Kier molecular flexibility index (Phi) is 4.57. The zero-order chi connectivity index (χ0) is 19.1. The van der Waals surface area contributed by atoms with Gasteiger partial charge in [-0.05, 0) is 12.8 Å². The van der Waals surface area contributed by atoms with E-state index >= 15 is 0 Å². The third kappa shape index (κ3) is 2.87. The predicted octanol–water partition coefficient (Wildman–Crippen LogP) is 2.21. The van der Waals surface area contributed by atoms with Crippen molar-refractivity contribution >= 4 is 23.4 Å². The number of ether oxygens (including phenoxy) is 2. The van der Waals surface area contributed by atoms with Crippen LogP contribution in [0.5, 0.6) is 5.75 Å². The summed E-state index contributed by atoms with van der Waals surface area (Å²) in [7, 11) is 1.54. The molecule has 27 heavy (non-hydrogen) atoms. The van der Waals surface area contributed by atoms with Gasteiger partial charge < -0.3 is 19.7 Å². The molecule has 3 aliphatic heterocycles. The molecular formula is C19H24FN3O4. The molecule has 0 aliphatic carbocycles. The molecule has 0 unspecified atom stereocenters. The van der Waals surface area contributed by atoms with Crippen molar-refractivity contribution in [3.05, 3.63) is 17.4 Å². The van der Waals surface area contributed by atoms with Crippen LogP contribution in [-0.2, 0) is 16.0 Å². The third-order valence-corrected chi connectivity index (χ3v) is 5.62. The van der Waals surface area contributed by atoms with Crippen molar-refractivity contribution < 1.29 is 23.5 Å². The van der Waals surface area contributed by atoms with Crippen molar-refractivity contribution in [1.29, 1.82) is 0 Å². The van der Waals surface area contributed by atoms with E-state index in [4.69, 9.17) is 9.47 Å². The highest BCUT2D eigenvalue weighted by molar-refractivity contribution is 5.95. The van der Waals surface area contributed by atoms with Gasteiger partial charge in [-0.3, -0.25) is 9.69 Å². The number of carbonyl (C=O) groups excluding carboxylic acids is 2. The summed E-state index contributed by atoms with van der Waals surface area (Å²) in [5.74, 6) is 0.0223. The zero-order valence-electron chi connectivity index (χ0n) is 15.6. The fourth-order valence-corrected chi connectivity index (χ4v) is 4.30. The Morgan fingerprint density at radius 1 is 1.41 bits per heavy atom. The fourth-order valence-electron chi connectivity index (χ4n) is 4.30. The lowest BCUT2D eigenvalue weighted by atomic mass is 10.0. The predicted molar refractivity (Wildman–Crippen MR) is 97.9 cm³/mol. The molecule has 7 nitrogen and oxygen atoms in total. The molecule has 1 aromatic rings. The van der Waals surface area contributed by atoms with Crippen molar-refractivity contribution in [3.8, 4) is 5.75 Å². The van der Waals surface area contributed by atoms with E-state index in [1.807, 2.05) is 4.90 Å². The van der Waals surface area contributed by atoms with Crippen molar-refractivity contribution in [1.82, 2.24) is 5.32 Å².